The molecule has 176 valence electrons. The zero-order chi connectivity index (χ0) is 24.6. The maximum absolute atomic E-state index is 13.2. The summed E-state index contributed by atoms with van der Waals surface area (Å²) in [6, 6.07) is 14.2. The molecule has 1 N–H and O–H groups in total. The number of ketones is 1. The van der Waals surface area contributed by atoms with Crippen LogP contribution in [0.2, 0.25) is 5.02 Å². The number of anilines is 1. The van der Waals surface area contributed by atoms with E-state index in [0.29, 0.717) is 34.4 Å². The number of rotatable bonds is 5. The summed E-state index contributed by atoms with van der Waals surface area (Å²) in [6.45, 7) is 8.52. The second-order valence-electron chi connectivity index (χ2n) is 9.05. The molecule has 0 saturated carbocycles. The molecule has 1 atom stereocenters. The van der Waals surface area contributed by atoms with Gasteiger partial charge in [0.05, 0.1) is 18.4 Å². The van der Waals surface area contributed by atoms with Gasteiger partial charge in [0.1, 0.15) is 23.3 Å². The molecule has 6 nitrogen and oxygen atoms in total. The van der Waals surface area contributed by atoms with Crippen LogP contribution in [0, 0.1) is 0 Å². The second-order valence-corrected chi connectivity index (χ2v) is 9.49. The molecule has 1 fully saturated rings. The van der Waals surface area contributed by atoms with Gasteiger partial charge in [-0.15, -0.1) is 0 Å². The predicted molar refractivity (Wildman–Crippen MR) is 131 cm³/mol. The molecule has 34 heavy (non-hydrogen) atoms. The van der Waals surface area contributed by atoms with E-state index in [0.717, 1.165) is 5.56 Å². The normalized spacial score (nSPS) is 17.9. The summed E-state index contributed by atoms with van der Waals surface area (Å²) in [6.07, 6.45) is 1.46. The summed E-state index contributed by atoms with van der Waals surface area (Å²) in [7, 11) is 0. The number of amides is 1. The fourth-order valence-corrected chi connectivity index (χ4v) is 4.24. The lowest BCUT2D eigenvalue weighted by molar-refractivity contribution is -0.132. The van der Waals surface area contributed by atoms with Crippen molar-refractivity contribution in [1.29, 1.82) is 0 Å². The van der Waals surface area contributed by atoms with Crippen molar-refractivity contribution < 1.29 is 23.8 Å². The van der Waals surface area contributed by atoms with Gasteiger partial charge in [-0.05, 0) is 66.9 Å². The number of halogens is 1. The van der Waals surface area contributed by atoms with E-state index < -0.39 is 17.7 Å². The predicted octanol–water partition coefficient (Wildman–Crippen LogP) is 6.26. The monoisotopic (exact) mass is 479 g/mol. The SMILES string of the molecule is CCOc1ccc(/C(O)=C2/C(=O)C(=O)N(c3ccc(Cl)cc3)C2c2ccco2)cc1C(C)(C)C. The van der Waals surface area contributed by atoms with Crippen LogP contribution in [0.25, 0.3) is 5.76 Å². The third-order valence-electron chi connectivity index (χ3n) is 5.72. The smallest absolute Gasteiger partial charge is 0.300 e. The zero-order valence-electron chi connectivity index (χ0n) is 19.5. The van der Waals surface area contributed by atoms with Crippen LogP contribution < -0.4 is 9.64 Å². The van der Waals surface area contributed by atoms with E-state index in [1.54, 1.807) is 54.6 Å². The number of aliphatic hydroxyl groups excluding tert-OH is 1. The molecule has 0 spiro atoms. The van der Waals surface area contributed by atoms with Crippen LogP contribution >= 0.6 is 11.6 Å². The Kier molecular flexibility index (Phi) is 6.28. The first-order chi connectivity index (χ1) is 16.1. The van der Waals surface area contributed by atoms with Crippen molar-refractivity contribution in [2.24, 2.45) is 0 Å². The number of hydrogen-bond acceptors (Lipinski definition) is 5. The molecule has 0 aliphatic carbocycles. The summed E-state index contributed by atoms with van der Waals surface area (Å²) in [5.41, 5.74) is 1.43. The highest BCUT2D eigenvalue weighted by Gasteiger charge is 2.48. The highest BCUT2D eigenvalue weighted by Crippen LogP contribution is 2.43. The molecule has 0 bridgehead atoms. The van der Waals surface area contributed by atoms with Crippen LogP contribution in [0.1, 0.15) is 50.6 Å². The van der Waals surface area contributed by atoms with E-state index in [1.807, 2.05) is 27.7 Å². The van der Waals surface area contributed by atoms with Gasteiger partial charge in [-0.3, -0.25) is 14.5 Å². The van der Waals surface area contributed by atoms with E-state index in [1.165, 1.54) is 11.2 Å². The van der Waals surface area contributed by atoms with E-state index in [4.69, 9.17) is 20.8 Å². The van der Waals surface area contributed by atoms with E-state index in [9.17, 15) is 14.7 Å². The molecule has 1 aliphatic heterocycles. The van der Waals surface area contributed by atoms with Crippen LogP contribution in [0.5, 0.6) is 5.75 Å². The lowest BCUT2D eigenvalue weighted by Gasteiger charge is -2.25. The van der Waals surface area contributed by atoms with E-state index in [2.05, 4.69) is 0 Å². The van der Waals surface area contributed by atoms with Gasteiger partial charge in [0.2, 0.25) is 0 Å². The Hall–Kier alpha value is -3.51. The molecular formula is C27H26ClNO5. The minimum atomic E-state index is -0.930. The van der Waals surface area contributed by atoms with Gasteiger partial charge in [0, 0.05) is 21.8 Å². The average Bonchev–Trinajstić information content (AvgIpc) is 3.41. The molecule has 2 heterocycles. The minimum absolute atomic E-state index is 0.0427. The van der Waals surface area contributed by atoms with E-state index in [-0.39, 0.29) is 16.7 Å². The number of carbonyl (C=O) groups excluding carboxylic acids is 2. The third-order valence-corrected chi connectivity index (χ3v) is 5.97. The molecule has 1 unspecified atom stereocenters. The molecule has 1 aromatic heterocycles. The molecule has 7 heteroatoms. The Morgan fingerprint density at radius 2 is 1.82 bits per heavy atom. The number of Topliss-reactive ketones (excluding diaryl/α,β-unsaturated/α-hetero) is 1. The number of carbonyl (C=O) groups is 2. The topological polar surface area (TPSA) is 80.0 Å². The Labute approximate surface area is 203 Å². The van der Waals surface area contributed by atoms with Crippen molar-refractivity contribution in [3.05, 3.63) is 88.3 Å². The van der Waals surface area contributed by atoms with Gasteiger partial charge >= 0.3 is 0 Å². The van der Waals surface area contributed by atoms with E-state index >= 15 is 0 Å². The molecule has 4 rings (SSSR count). The highest BCUT2D eigenvalue weighted by molar-refractivity contribution is 6.51. The number of aliphatic hydroxyl groups is 1. The van der Waals surface area contributed by atoms with Crippen LogP contribution in [0.3, 0.4) is 0 Å². The summed E-state index contributed by atoms with van der Waals surface area (Å²) >= 11 is 6.02. The quantitative estimate of drug-likeness (QED) is 0.265. The molecule has 1 aliphatic rings. The van der Waals surface area contributed by atoms with Gasteiger partial charge in [0.25, 0.3) is 11.7 Å². The first-order valence-corrected chi connectivity index (χ1v) is 11.4. The summed E-state index contributed by atoms with van der Waals surface area (Å²) in [5.74, 6) is -0.759. The van der Waals surface area contributed by atoms with Gasteiger partial charge < -0.3 is 14.3 Å². The fraction of sp³-hybridized carbons (Fsp3) is 0.259. The summed E-state index contributed by atoms with van der Waals surface area (Å²) in [4.78, 5) is 27.7. The largest absolute Gasteiger partial charge is 0.507 e. The van der Waals surface area contributed by atoms with Crippen molar-refractivity contribution in [3.63, 3.8) is 0 Å². The number of nitrogens with zero attached hydrogens (tertiary/aromatic N) is 1. The van der Waals surface area contributed by atoms with Crippen LogP contribution in [0.4, 0.5) is 5.69 Å². The molecule has 3 aromatic rings. The zero-order valence-corrected chi connectivity index (χ0v) is 20.2. The highest BCUT2D eigenvalue weighted by atomic mass is 35.5. The average molecular weight is 480 g/mol. The van der Waals surface area contributed by atoms with Crippen molar-refractivity contribution in [2.75, 3.05) is 11.5 Å². The maximum atomic E-state index is 13.2. The lowest BCUT2D eigenvalue weighted by atomic mass is 9.84. The first kappa shape index (κ1) is 23.6. The number of hydrogen-bond donors (Lipinski definition) is 1. The number of ether oxygens (including phenoxy) is 1. The molecule has 1 amide bonds. The summed E-state index contributed by atoms with van der Waals surface area (Å²) in [5, 5.41) is 11.9. The maximum Gasteiger partial charge on any atom is 0.300 e. The third kappa shape index (κ3) is 4.21. The molecule has 0 radical (unpaired) electrons. The molecule has 1 saturated heterocycles. The standard InChI is InChI=1S/C27H26ClNO5/c1-5-33-20-13-8-16(15-19(20)27(2,3)4)24(30)22-23(21-7-6-14-34-21)29(26(32)25(22)31)18-11-9-17(28)10-12-18/h6-15,23,30H,5H2,1-4H3/b24-22-. The number of benzene rings is 2. The number of furan rings is 1. The Bertz CT molecular complexity index is 1250. The van der Waals surface area contributed by atoms with Crippen LogP contribution in [-0.4, -0.2) is 23.4 Å². The van der Waals surface area contributed by atoms with Crippen molar-refractivity contribution in [2.45, 2.75) is 39.2 Å². The lowest BCUT2D eigenvalue weighted by Crippen LogP contribution is -2.29. The van der Waals surface area contributed by atoms with Gasteiger partial charge in [0.15, 0.2) is 0 Å². The van der Waals surface area contributed by atoms with Crippen LogP contribution in [0.15, 0.2) is 70.9 Å². The summed E-state index contributed by atoms with van der Waals surface area (Å²) < 4.78 is 11.4. The van der Waals surface area contributed by atoms with Crippen LogP contribution in [-0.2, 0) is 15.0 Å². The Balaban J connectivity index is 1.91. The second kappa shape index (κ2) is 9.03. The molecule has 2 aromatic carbocycles. The Morgan fingerprint density at radius 3 is 2.41 bits per heavy atom. The minimum Gasteiger partial charge on any atom is -0.507 e. The Morgan fingerprint density at radius 1 is 1.12 bits per heavy atom. The fourth-order valence-electron chi connectivity index (χ4n) is 4.12. The van der Waals surface area contributed by atoms with Crippen molar-refractivity contribution in [3.8, 4) is 5.75 Å². The first-order valence-electron chi connectivity index (χ1n) is 11.0. The van der Waals surface area contributed by atoms with Crippen molar-refractivity contribution >= 4 is 34.7 Å². The van der Waals surface area contributed by atoms with Gasteiger partial charge in [-0.1, -0.05) is 32.4 Å². The molecular weight excluding hydrogens is 454 g/mol. The van der Waals surface area contributed by atoms with Gasteiger partial charge in [-0.2, -0.15) is 0 Å². The van der Waals surface area contributed by atoms with Gasteiger partial charge in [-0.25, -0.2) is 0 Å². The van der Waals surface area contributed by atoms with Crippen molar-refractivity contribution in [1.82, 2.24) is 0 Å².